The van der Waals surface area contributed by atoms with Crippen molar-refractivity contribution in [3.63, 3.8) is 0 Å². The predicted octanol–water partition coefficient (Wildman–Crippen LogP) is -1.48. The summed E-state index contributed by atoms with van der Waals surface area (Å²) in [6, 6.07) is 0. The van der Waals surface area contributed by atoms with Gasteiger partial charge < -0.3 is 44.8 Å². The fraction of sp³-hybridized carbons (Fsp3) is 1.00. The van der Waals surface area contributed by atoms with E-state index in [-0.39, 0.29) is 39.6 Å². The minimum Gasteiger partial charge on any atom is -0.394 e. The molecular weight excluding hydrogens is 336 g/mol. The summed E-state index contributed by atoms with van der Waals surface area (Å²) in [6.07, 6.45) is 3.93. The van der Waals surface area contributed by atoms with Crippen LogP contribution >= 0.6 is 0 Å². The molecule has 9 heteroatoms. The first-order valence-corrected chi connectivity index (χ1v) is 8.63. The van der Waals surface area contributed by atoms with Crippen LogP contribution in [0.25, 0.3) is 0 Å². The van der Waals surface area contributed by atoms with Gasteiger partial charge in [0.1, 0.15) is 0 Å². The van der Waals surface area contributed by atoms with Crippen molar-refractivity contribution in [1.29, 1.82) is 0 Å². The van der Waals surface area contributed by atoms with Gasteiger partial charge in [-0.3, -0.25) is 0 Å². The fourth-order valence-corrected chi connectivity index (χ4v) is 1.25. The van der Waals surface area contributed by atoms with Gasteiger partial charge in [0, 0.05) is 26.4 Å². The summed E-state index contributed by atoms with van der Waals surface area (Å²) in [7, 11) is 0. The highest BCUT2D eigenvalue weighted by molar-refractivity contribution is 4.41. The molecule has 0 fully saturated rings. The van der Waals surface area contributed by atoms with E-state index in [4.69, 9.17) is 44.8 Å². The van der Waals surface area contributed by atoms with Crippen LogP contribution in [-0.4, -0.2) is 110 Å². The second-order valence-corrected chi connectivity index (χ2v) is 4.59. The number of hydrogen-bond donors (Lipinski definition) is 6. The first-order chi connectivity index (χ1) is 12.2. The van der Waals surface area contributed by atoms with Crippen LogP contribution in [0.3, 0.4) is 0 Å². The van der Waals surface area contributed by atoms with Crippen molar-refractivity contribution in [2.75, 3.05) is 79.3 Å². The molecule has 0 saturated heterocycles. The molecule has 0 heterocycles. The SMILES string of the molecule is OCCO.OCCO.OCCOCCCCOCCCCOCCO. The van der Waals surface area contributed by atoms with Gasteiger partial charge in [-0.1, -0.05) is 0 Å². The normalized spacial score (nSPS) is 9.84. The van der Waals surface area contributed by atoms with E-state index in [1.54, 1.807) is 0 Å². The summed E-state index contributed by atoms with van der Waals surface area (Å²) < 4.78 is 15.7. The summed E-state index contributed by atoms with van der Waals surface area (Å²) in [5, 5.41) is 47.4. The van der Waals surface area contributed by atoms with E-state index in [0.29, 0.717) is 26.4 Å². The average Bonchev–Trinajstić information content (AvgIpc) is 2.66. The van der Waals surface area contributed by atoms with E-state index in [1.165, 1.54) is 0 Å². The van der Waals surface area contributed by atoms with Crippen LogP contribution in [0.2, 0.25) is 0 Å². The average molecular weight is 374 g/mol. The highest BCUT2D eigenvalue weighted by Gasteiger charge is 1.92. The Balaban J connectivity index is -0.000000503. The van der Waals surface area contributed by atoms with Crippen LogP contribution in [-0.2, 0) is 14.2 Å². The third-order valence-electron chi connectivity index (χ3n) is 2.33. The molecule has 0 aromatic rings. The largest absolute Gasteiger partial charge is 0.394 e. The zero-order valence-corrected chi connectivity index (χ0v) is 15.2. The molecule has 0 aliphatic heterocycles. The molecule has 0 saturated carbocycles. The summed E-state index contributed by atoms with van der Waals surface area (Å²) >= 11 is 0. The van der Waals surface area contributed by atoms with E-state index in [0.717, 1.165) is 38.9 Å². The van der Waals surface area contributed by atoms with Crippen LogP contribution in [0.4, 0.5) is 0 Å². The summed E-state index contributed by atoms with van der Waals surface area (Å²) in [4.78, 5) is 0. The zero-order valence-electron chi connectivity index (χ0n) is 15.2. The minimum absolute atomic E-state index is 0.0921. The minimum atomic E-state index is -0.125. The fourth-order valence-electron chi connectivity index (χ4n) is 1.25. The molecule has 0 aromatic carbocycles. The molecule has 156 valence electrons. The Morgan fingerprint density at radius 1 is 0.320 bits per heavy atom. The molecule has 25 heavy (non-hydrogen) atoms. The van der Waals surface area contributed by atoms with Crippen molar-refractivity contribution in [2.24, 2.45) is 0 Å². The molecule has 0 aliphatic rings. The van der Waals surface area contributed by atoms with Gasteiger partial charge in [-0.15, -0.1) is 0 Å². The quantitative estimate of drug-likeness (QED) is 0.178. The molecule has 0 aromatic heterocycles. The smallest absolute Gasteiger partial charge is 0.0697 e. The second kappa shape index (κ2) is 34.9. The Kier molecular flexibility index (Phi) is 41.0. The van der Waals surface area contributed by atoms with E-state index in [2.05, 4.69) is 0 Å². The molecule has 0 aliphatic carbocycles. The molecule has 0 bridgehead atoms. The first kappa shape index (κ1) is 29.4. The van der Waals surface area contributed by atoms with Gasteiger partial charge in [0.05, 0.1) is 52.9 Å². The molecule has 6 N–H and O–H groups in total. The van der Waals surface area contributed by atoms with E-state index < -0.39 is 0 Å². The molecule has 0 rings (SSSR count). The topological polar surface area (TPSA) is 149 Å². The molecule has 0 spiro atoms. The molecule has 0 atom stereocenters. The third kappa shape index (κ3) is 45.3. The van der Waals surface area contributed by atoms with Crippen molar-refractivity contribution >= 4 is 0 Å². The number of rotatable bonds is 16. The third-order valence-corrected chi connectivity index (χ3v) is 2.33. The maximum absolute atomic E-state index is 8.47. The van der Waals surface area contributed by atoms with Gasteiger partial charge in [-0.25, -0.2) is 0 Å². The van der Waals surface area contributed by atoms with Gasteiger partial charge in [0.25, 0.3) is 0 Å². The van der Waals surface area contributed by atoms with E-state index in [1.807, 2.05) is 0 Å². The Bertz CT molecular complexity index is 163. The lowest BCUT2D eigenvalue weighted by Gasteiger charge is -2.05. The molecular formula is C16H38O9. The first-order valence-electron chi connectivity index (χ1n) is 8.63. The summed E-state index contributed by atoms with van der Waals surface area (Å²) in [6.45, 7) is 3.45. The van der Waals surface area contributed by atoms with Crippen LogP contribution in [0.15, 0.2) is 0 Å². The highest BCUT2D eigenvalue weighted by atomic mass is 16.5. The molecule has 0 amide bonds. The monoisotopic (exact) mass is 374 g/mol. The van der Waals surface area contributed by atoms with Crippen molar-refractivity contribution in [3.05, 3.63) is 0 Å². The van der Waals surface area contributed by atoms with Crippen molar-refractivity contribution in [2.45, 2.75) is 25.7 Å². The van der Waals surface area contributed by atoms with Crippen molar-refractivity contribution in [3.8, 4) is 0 Å². The Hall–Kier alpha value is -0.360. The summed E-state index contributed by atoms with van der Waals surface area (Å²) in [5.41, 5.74) is 0. The molecule has 0 radical (unpaired) electrons. The van der Waals surface area contributed by atoms with Gasteiger partial charge in [0.2, 0.25) is 0 Å². The number of hydrogen-bond acceptors (Lipinski definition) is 9. The summed E-state index contributed by atoms with van der Waals surface area (Å²) in [5.74, 6) is 0. The van der Waals surface area contributed by atoms with Crippen LogP contribution < -0.4 is 0 Å². The lowest BCUT2D eigenvalue weighted by atomic mass is 10.3. The Morgan fingerprint density at radius 2 is 0.560 bits per heavy atom. The predicted molar refractivity (Wildman–Crippen MR) is 93.4 cm³/mol. The van der Waals surface area contributed by atoms with E-state index in [9.17, 15) is 0 Å². The van der Waals surface area contributed by atoms with Crippen LogP contribution in [0.1, 0.15) is 25.7 Å². The second-order valence-electron chi connectivity index (χ2n) is 4.59. The lowest BCUT2D eigenvalue weighted by Crippen LogP contribution is -2.04. The van der Waals surface area contributed by atoms with Gasteiger partial charge in [-0.05, 0) is 25.7 Å². The number of aliphatic hydroxyl groups excluding tert-OH is 6. The Morgan fingerprint density at radius 3 is 0.760 bits per heavy atom. The van der Waals surface area contributed by atoms with Crippen molar-refractivity contribution < 1.29 is 44.8 Å². The highest BCUT2D eigenvalue weighted by Crippen LogP contribution is 1.95. The van der Waals surface area contributed by atoms with Gasteiger partial charge in [0.15, 0.2) is 0 Å². The molecule has 9 nitrogen and oxygen atoms in total. The number of aliphatic hydroxyl groups is 6. The number of unbranched alkanes of at least 4 members (excludes halogenated alkanes) is 2. The van der Waals surface area contributed by atoms with E-state index >= 15 is 0 Å². The van der Waals surface area contributed by atoms with Crippen LogP contribution in [0.5, 0.6) is 0 Å². The lowest BCUT2D eigenvalue weighted by molar-refractivity contribution is 0.0709. The van der Waals surface area contributed by atoms with Gasteiger partial charge >= 0.3 is 0 Å². The maximum atomic E-state index is 8.47. The maximum Gasteiger partial charge on any atom is 0.0697 e. The van der Waals surface area contributed by atoms with Gasteiger partial charge in [-0.2, -0.15) is 0 Å². The number of ether oxygens (including phenoxy) is 3. The standard InChI is InChI=1S/C12H26O5.2C2H6O2/c13-5-11-16-9-3-1-7-15-8-2-4-10-17-12-6-14;2*3-1-2-4/h13-14H,1-12H2;2*3-4H,1-2H2. The Labute approximate surface area is 150 Å². The van der Waals surface area contributed by atoms with Crippen molar-refractivity contribution in [1.82, 2.24) is 0 Å². The zero-order chi connectivity index (χ0) is 19.4. The van der Waals surface area contributed by atoms with Crippen LogP contribution in [0, 0.1) is 0 Å². The molecule has 0 unspecified atom stereocenters.